The van der Waals surface area contributed by atoms with Crippen LogP contribution in [0.2, 0.25) is 5.02 Å². The number of pyridine rings is 2. The van der Waals surface area contributed by atoms with Crippen LogP contribution in [0, 0.1) is 24.1 Å². The minimum atomic E-state index is -4.31. The third-order valence-electron chi connectivity index (χ3n) is 9.29. The van der Waals surface area contributed by atoms with Gasteiger partial charge in [0.2, 0.25) is 5.91 Å². The number of nitrogens with one attached hydrogen (secondary N) is 1. The van der Waals surface area contributed by atoms with Gasteiger partial charge >= 0.3 is 6.16 Å². The Balaban J connectivity index is 1.38. The third kappa shape index (κ3) is 7.11. The Kier molecular flexibility index (Phi) is 9.88. The van der Waals surface area contributed by atoms with Gasteiger partial charge in [0.25, 0.3) is 5.91 Å². The Bertz CT molecular complexity index is 2120. The molecule has 0 spiro atoms. The summed E-state index contributed by atoms with van der Waals surface area (Å²) >= 11 is 9.78. The predicted octanol–water partition coefficient (Wildman–Crippen LogP) is 5.39. The minimum Gasteiger partial charge on any atom is -0.427 e. The summed E-state index contributed by atoms with van der Waals surface area (Å²) in [6.45, 7) is 6.12. The van der Waals surface area contributed by atoms with E-state index in [0.29, 0.717) is 18.4 Å². The summed E-state index contributed by atoms with van der Waals surface area (Å²) in [7, 11) is -4.31. The van der Waals surface area contributed by atoms with Gasteiger partial charge in [-0.15, -0.1) is 5.06 Å². The maximum atomic E-state index is 15.7. The van der Waals surface area contributed by atoms with Crippen molar-refractivity contribution in [3.63, 3.8) is 0 Å². The molecule has 3 atom stereocenters. The first-order chi connectivity index (χ1) is 24.4. The van der Waals surface area contributed by atoms with Crippen LogP contribution in [-0.4, -0.2) is 81.8 Å². The molecule has 1 aromatic carbocycles. The summed E-state index contributed by atoms with van der Waals surface area (Å²) in [5.74, 6) is -2.59. The monoisotopic (exact) mass is 816 g/mol. The maximum absolute atomic E-state index is 15.7. The number of sulfone groups is 1. The Labute approximate surface area is 313 Å². The second kappa shape index (κ2) is 13.7. The highest BCUT2D eigenvalue weighted by molar-refractivity contribution is 9.10. The highest BCUT2D eigenvalue weighted by atomic mass is 79.9. The highest BCUT2D eigenvalue weighted by Gasteiger charge is 2.62. The number of hydroxylamine groups is 2. The Morgan fingerprint density at radius 2 is 1.83 bits per heavy atom. The van der Waals surface area contributed by atoms with E-state index >= 15 is 4.39 Å². The number of nitrogens with zero attached hydrogens (tertiary/aromatic N) is 5. The topological polar surface area (TPSA) is 172 Å². The van der Waals surface area contributed by atoms with Crippen molar-refractivity contribution in [1.29, 1.82) is 5.26 Å². The molecule has 2 saturated heterocycles. The van der Waals surface area contributed by atoms with Gasteiger partial charge in [0, 0.05) is 35.6 Å². The second-order valence-corrected chi connectivity index (χ2v) is 17.7. The van der Waals surface area contributed by atoms with Gasteiger partial charge in [0.15, 0.2) is 15.4 Å². The number of halogens is 3. The van der Waals surface area contributed by atoms with Crippen LogP contribution >= 0.6 is 27.5 Å². The number of amides is 2. The van der Waals surface area contributed by atoms with Crippen LogP contribution in [0.15, 0.2) is 58.2 Å². The zero-order chi connectivity index (χ0) is 37.8. The van der Waals surface area contributed by atoms with E-state index < -0.39 is 73.8 Å². The molecule has 13 nitrogen and oxygen atoms in total. The van der Waals surface area contributed by atoms with Crippen molar-refractivity contribution in [2.24, 2.45) is 0 Å². The standard InChI is InChI=1S/C35H35BrClFN6O7S/c1-20-13-22(7-11-40-20)21-5-6-28(25(37)14-21)52(48,49)24-16-27(30(45)42-34(19-39)8-9-34)43(18-24)31(46)35(29-26(38)15-23(36)17-41-29)10-12-44(35)51-32(47)50-33(2,3)4/h5-7,11,13-15,17,24,27H,8-10,12,16,18H2,1-4H3,(H,42,45)/t24-,27+,35?/m1/s1. The lowest BCUT2D eigenvalue weighted by atomic mass is 9.81. The zero-order valence-corrected chi connectivity index (χ0v) is 31.8. The van der Waals surface area contributed by atoms with Crippen LogP contribution in [0.25, 0.3) is 11.1 Å². The summed E-state index contributed by atoms with van der Waals surface area (Å²) in [4.78, 5) is 56.3. The largest absolute Gasteiger partial charge is 0.528 e. The molecular weight excluding hydrogens is 783 g/mol. The van der Waals surface area contributed by atoms with Crippen LogP contribution in [0.3, 0.4) is 0 Å². The molecule has 1 saturated carbocycles. The van der Waals surface area contributed by atoms with Crippen molar-refractivity contribution in [1.82, 2.24) is 25.2 Å². The van der Waals surface area contributed by atoms with Gasteiger partial charge in [0.05, 0.1) is 21.2 Å². The van der Waals surface area contributed by atoms with Crippen molar-refractivity contribution in [2.45, 2.75) is 86.2 Å². The Morgan fingerprint density at radius 3 is 2.40 bits per heavy atom. The summed E-state index contributed by atoms with van der Waals surface area (Å²) in [5, 5.41) is 11.9. The highest BCUT2D eigenvalue weighted by Crippen LogP contribution is 2.46. The summed E-state index contributed by atoms with van der Waals surface area (Å²) in [5.41, 5.74) is -2.42. The summed E-state index contributed by atoms with van der Waals surface area (Å²) < 4.78 is 49.9. The molecule has 0 radical (unpaired) electrons. The number of ether oxygens (including phenoxy) is 1. The van der Waals surface area contributed by atoms with E-state index in [1.54, 1.807) is 39.1 Å². The number of aromatic nitrogens is 2. The first-order valence-electron chi connectivity index (χ1n) is 16.4. The van der Waals surface area contributed by atoms with E-state index in [-0.39, 0.29) is 33.8 Å². The molecule has 2 amide bonds. The van der Waals surface area contributed by atoms with E-state index in [4.69, 9.17) is 21.2 Å². The molecule has 274 valence electrons. The number of nitriles is 1. The molecule has 2 aliphatic heterocycles. The molecule has 52 heavy (non-hydrogen) atoms. The summed E-state index contributed by atoms with van der Waals surface area (Å²) in [6.07, 6.45) is 2.03. The number of benzene rings is 1. The second-order valence-electron chi connectivity index (χ2n) is 14.1. The zero-order valence-electron chi connectivity index (χ0n) is 28.7. The number of hydrogen-bond donors (Lipinski definition) is 1. The molecule has 2 aromatic heterocycles. The molecule has 1 unspecified atom stereocenters. The number of likely N-dealkylation sites (tertiary alicyclic amines) is 1. The minimum absolute atomic E-state index is 0.0366. The molecule has 6 rings (SSSR count). The number of carbonyl (C=O) groups excluding carboxylic acids is 3. The lowest BCUT2D eigenvalue weighted by Gasteiger charge is -2.49. The molecule has 1 aliphatic carbocycles. The fourth-order valence-electron chi connectivity index (χ4n) is 6.44. The van der Waals surface area contributed by atoms with E-state index in [1.807, 2.05) is 13.0 Å². The van der Waals surface area contributed by atoms with Crippen LogP contribution in [0.4, 0.5) is 9.18 Å². The van der Waals surface area contributed by atoms with Crippen molar-refractivity contribution >= 4 is 55.3 Å². The first kappa shape index (κ1) is 37.6. The first-order valence-corrected chi connectivity index (χ1v) is 19.1. The fourth-order valence-corrected chi connectivity index (χ4v) is 8.98. The number of rotatable bonds is 8. The van der Waals surface area contributed by atoms with Crippen molar-refractivity contribution in [2.75, 3.05) is 13.1 Å². The molecule has 3 aromatic rings. The van der Waals surface area contributed by atoms with Gasteiger partial charge in [-0.25, -0.2) is 17.6 Å². The fraction of sp³-hybridized carbons (Fsp3) is 0.429. The van der Waals surface area contributed by atoms with Crippen LogP contribution < -0.4 is 5.32 Å². The SMILES string of the molecule is Cc1cc(-c2ccc(S(=O)(=O)[C@@H]3C[C@@H](C(=O)NC4(C#N)CC4)N(C(=O)C4(c5ncc(Br)cc5F)CCN4OC(=O)OC(C)(C)C)C3)c(Cl)c2)ccn1. The van der Waals surface area contributed by atoms with Gasteiger partial charge in [0.1, 0.15) is 28.7 Å². The molecule has 3 fully saturated rings. The lowest BCUT2D eigenvalue weighted by molar-refractivity contribution is -0.255. The quantitative estimate of drug-likeness (QED) is 0.289. The lowest BCUT2D eigenvalue weighted by Crippen LogP contribution is -2.67. The predicted molar refractivity (Wildman–Crippen MR) is 188 cm³/mol. The van der Waals surface area contributed by atoms with Crippen LogP contribution in [0.1, 0.15) is 57.8 Å². The average molecular weight is 818 g/mol. The number of hydrogen-bond acceptors (Lipinski definition) is 11. The molecule has 4 heterocycles. The Morgan fingerprint density at radius 1 is 1.12 bits per heavy atom. The van der Waals surface area contributed by atoms with Gasteiger partial charge in [-0.05, 0) is 111 Å². The molecule has 17 heteroatoms. The van der Waals surface area contributed by atoms with E-state index in [9.17, 15) is 28.1 Å². The number of carbonyl (C=O) groups is 3. The van der Waals surface area contributed by atoms with Gasteiger partial charge < -0.3 is 19.8 Å². The Hall–Kier alpha value is -4.17. The van der Waals surface area contributed by atoms with Crippen LogP contribution in [-0.2, 0) is 34.5 Å². The number of aryl methyl sites for hydroxylation is 1. The maximum Gasteiger partial charge on any atom is 0.528 e. The van der Waals surface area contributed by atoms with Gasteiger partial charge in [-0.1, -0.05) is 17.7 Å². The molecular formula is C35H35BrClFN6O7S. The normalized spacial score (nSPS) is 22.5. The smallest absolute Gasteiger partial charge is 0.427 e. The van der Waals surface area contributed by atoms with Gasteiger partial charge in [-0.2, -0.15) is 5.26 Å². The molecule has 1 N–H and O–H groups in total. The van der Waals surface area contributed by atoms with Gasteiger partial charge in [-0.3, -0.25) is 19.6 Å². The van der Waals surface area contributed by atoms with Crippen molar-refractivity contribution < 1.29 is 36.8 Å². The van der Waals surface area contributed by atoms with E-state index in [1.165, 1.54) is 18.3 Å². The van der Waals surface area contributed by atoms with E-state index in [0.717, 1.165) is 27.3 Å². The molecule has 3 aliphatic rings. The third-order valence-corrected chi connectivity index (χ3v) is 12.3. The molecule has 0 bridgehead atoms. The van der Waals surface area contributed by atoms with Crippen molar-refractivity contribution in [3.05, 3.63) is 75.5 Å². The van der Waals surface area contributed by atoms with Crippen molar-refractivity contribution in [3.8, 4) is 17.2 Å². The summed E-state index contributed by atoms with van der Waals surface area (Å²) in [6, 6.07) is 9.84. The van der Waals surface area contributed by atoms with Crippen LogP contribution in [0.5, 0.6) is 0 Å². The average Bonchev–Trinajstić information content (AvgIpc) is 3.67. The van der Waals surface area contributed by atoms with E-state index in [2.05, 4.69) is 37.3 Å².